The first kappa shape index (κ1) is 18.4. The second-order valence-electron chi connectivity index (χ2n) is 5.32. The van der Waals surface area contributed by atoms with Gasteiger partial charge in [0.25, 0.3) is 0 Å². The minimum Gasteiger partial charge on any atom is -0.301 e. The molecule has 4 nitrogen and oxygen atoms in total. The van der Waals surface area contributed by atoms with Gasteiger partial charge < -0.3 is 4.57 Å². The number of rotatable bonds is 6. The molecule has 0 spiro atoms. The van der Waals surface area contributed by atoms with Crippen LogP contribution in [0, 0.1) is 0 Å². The maximum absolute atomic E-state index is 4.51. The molecule has 0 saturated carbocycles. The molecule has 0 fully saturated rings. The Morgan fingerprint density at radius 1 is 1.04 bits per heavy atom. The van der Waals surface area contributed by atoms with Crippen molar-refractivity contribution in [2.24, 2.45) is 0 Å². The number of hydrogen-bond donors (Lipinski definition) is 0. The van der Waals surface area contributed by atoms with Crippen molar-refractivity contribution in [2.75, 3.05) is 0 Å². The Kier molecular flexibility index (Phi) is 5.90. The smallest absolute Gasteiger partial charge is 0.198 e. The Hall–Kier alpha value is -1.00. The maximum Gasteiger partial charge on any atom is 0.198 e. The van der Waals surface area contributed by atoms with Crippen molar-refractivity contribution < 1.29 is 0 Å². The van der Waals surface area contributed by atoms with Crippen molar-refractivity contribution in [2.45, 2.75) is 22.5 Å². The van der Waals surface area contributed by atoms with Gasteiger partial charge in [-0.2, -0.15) is 0 Å². The van der Waals surface area contributed by atoms with E-state index in [0.29, 0.717) is 0 Å². The van der Waals surface area contributed by atoms with Gasteiger partial charge in [0.15, 0.2) is 15.3 Å². The van der Waals surface area contributed by atoms with Crippen LogP contribution in [0.1, 0.15) is 5.56 Å². The van der Waals surface area contributed by atoms with Crippen molar-refractivity contribution >= 4 is 66.3 Å². The van der Waals surface area contributed by atoms with Crippen LogP contribution < -0.4 is 0 Å². The molecule has 132 valence electrons. The summed E-state index contributed by atoms with van der Waals surface area (Å²) in [6, 6.07) is 14.6. The van der Waals surface area contributed by atoms with Gasteiger partial charge in [0.2, 0.25) is 0 Å². The number of halogens is 2. The van der Waals surface area contributed by atoms with Crippen LogP contribution in [0.2, 0.25) is 0 Å². The predicted octanol–water partition coefficient (Wildman–Crippen LogP) is 6.38. The number of aryl methyl sites for hydroxylation is 1. The van der Waals surface area contributed by atoms with Crippen LogP contribution in [0.4, 0.5) is 0 Å². The zero-order valence-corrected chi connectivity index (χ0v) is 18.9. The highest BCUT2D eigenvalue weighted by Gasteiger charge is 2.18. The van der Waals surface area contributed by atoms with Crippen molar-refractivity contribution in [3.05, 3.63) is 61.8 Å². The van der Waals surface area contributed by atoms with Crippen LogP contribution in [0.5, 0.6) is 0 Å². The summed E-state index contributed by atoms with van der Waals surface area (Å²) in [5.74, 6) is 0.910. The maximum atomic E-state index is 4.51. The monoisotopic (exact) mass is 526 g/mol. The van der Waals surface area contributed by atoms with Gasteiger partial charge in [-0.15, -0.1) is 21.5 Å². The minimum atomic E-state index is 0.818. The van der Waals surface area contributed by atoms with Crippen molar-refractivity contribution in [1.29, 1.82) is 0 Å². The topological polar surface area (TPSA) is 43.6 Å². The first-order chi connectivity index (χ1) is 12.7. The lowest BCUT2D eigenvalue weighted by atomic mass is 10.1. The number of hydrogen-bond acceptors (Lipinski definition) is 6. The lowest BCUT2D eigenvalue weighted by Gasteiger charge is -2.08. The zero-order valence-electron chi connectivity index (χ0n) is 13.3. The highest BCUT2D eigenvalue weighted by molar-refractivity contribution is 9.13. The molecule has 4 rings (SSSR count). The second-order valence-corrected chi connectivity index (χ2v) is 10.5. The van der Waals surface area contributed by atoms with Gasteiger partial charge in [0.1, 0.15) is 8.39 Å². The summed E-state index contributed by atoms with van der Waals surface area (Å²) in [4.78, 5) is 5.63. The molecule has 0 bridgehead atoms. The molecule has 3 heterocycles. The summed E-state index contributed by atoms with van der Waals surface area (Å²) in [5, 5.41) is 11.8. The SMILES string of the molecule is Brc1nc(Sc2nnc(-c3cccs3)n2CCc2ccccc2)sc1Br. The summed E-state index contributed by atoms with van der Waals surface area (Å²) < 4.78 is 4.91. The predicted molar refractivity (Wildman–Crippen MR) is 115 cm³/mol. The molecular formula is C17H12Br2N4S3. The molecule has 3 aromatic heterocycles. The minimum absolute atomic E-state index is 0.818. The van der Waals surface area contributed by atoms with E-state index in [4.69, 9.17) is 0 Å². The molecule has 0 aliphatic heterocycles. The van der Waals surface area contributed by atoms with Crippen LogP contribution in [0.25, 0.3) is 10.7 Å². The number of thiazole rings is 1. The second kappa shape index (κ2) is 8.35. The molecular weight excluding hydrogens is 516 g/mol. The first-order valence-corrected chi connectivity index (χ1v) is 11.8. The molecule has 0 saturated heterocycles. The van der Waals surface area contributed by atoms with Gasteiger partial charge in [0.05, 0.1) is 4.88 Å². The van der Waals surface area contributed by atoms with Crippen LogP contribution in [0.3, 0.4) is 0 Å². The van der Waals surface area contributed by atoms with Gasteiger partial charge in [-0.25, -0.2) is 4.98 Å². The van der Waals surface area contributed by atoms with Gasteiger partial charge in [0, 0.05) is 6.54 Å². The van der Waals surface area contributed by atoms with Crippen molar-refractivity contribution in [3.63, 3.8) is 0 Å². The van der Waals surface area contributed by atoms with E-state index in [1.54, 1.807) is 34.4 Å². The third kappa shape index (κ3) is 4.12. The standard InChI is InChI=1S/C17H12Br2N4S3/c18-13-14(19)25-17(20-13)26-16-22-21-15(12-7-4-10-24-12)23(16)9-8-11-5-2-1-3-6-11/h1-7,10H,8-9H2. The molecule has 0 aliphatic carbocycles. The van der Waals surface area contributed by atoms with Crippen LogP contribution in [-0.4, -0.2) is 19.7 Å². The summed E-state index contributed by atoms with van der Waals surface area (Å²) in [5.41, 5.74) is 1.30. The third-order valence-corrected chi connectivity index (χ3v) is 8.62. The zero-order chi connectivity index (χ0) is 17.9. The largest absolute Gasteiger partial charge is 0.301 e. The molecule has 26 heavy (non-hydrogen) atoms. The number of aromatic nitrogens is 4. The molecule has 0 unspecified atom stereocenters. The van der Waals surface area contributed by atoms with E-state index in [9.17, 15) is 0 Å². The Bertz CT molecular complexity index is 977. The fraction of sp³-hybridized carbons (Fsp3) is 0.118. The molecule has 0 aliphatic rings. The number of thiophene rings is 1. The Labute approximate surface area is 180 Å². The van der Waals surface area contributed by atoms with Gasteiger partial charge in [-0.1, -0.05) is 47.7 Å². The van der Waals surface area contributed by atoms with E-state index in [1.165, 1.54) is 5.56 Å². The van der Waals surface area contributed by atoms with Crippen molar-refractivity contribution in [3.8, 4) is 10.7 Å². The Balaban J connectivity index is 1.64. The molecule has 0 radical (unpaired) electrons. The Morgan fingerprint density at radius 2 is 1.88 bits per heavy atom. The average Bonchev–Trinajstić information content (AvgIpc) is 3.36. The van der Waals surface area contributed by atoms with Crippen LogP contribution in [0.15, 0.2) is 65.7 Å². The highest BCUT2D eigenvalue weighted by atomic mass is 79.9. The average molecular weight is 528 g/mol. The van der Waals surface area contributed by atoms with Gasteiger partial charge in [-0.05, 0) is 67.1 Å². The van der Waals surface area contributed by atoms with E-state index in [-0.39, 0.29) is 0 Å². The summed E-state index contributed by atoms with van der Waals surface area (Å²) in [6.07, 6.45) is 0.927. The molecule has 1 aromatic carbocycles. The van der Waals surface area contributed by atoms with Gasteiger partial charge in [-0.3, -0.25) is 0 Å². The quantitative estimate of drug-likeness (QED) is 0.291. The van der Waals surface area contributed by atoms with Crippen molar-refractivity contribution in [1.82, 2.24) is 19.7 Å². The van der Waals surface area contributed by atoms with Crippen LogP contribution >= 0.6 is 66.3 Å². The van der Waals surface area contributed by atoms with E-state index >= 15 is 0 Å². The van der Waals surface area contributed by atoms with E-state index in [2.05, 4.69) is 87.3 Å². The number of benzene rings is 1. The van der Waals surface area contributed by atoms with Gasteiger partial charge >= 0.3 is 0 Å². The lowest BCUT2D eigenvalue weighted by molar-refractivity contribution is 0.640. The lowest BCUT2D eigenvalue weighted by Crippen LogP contribution is -2.04. The molecule has 0 N–H and O–H groups in total. The third-order valence-electron chi connectivity index (χ3n) is 3.63. The van der Waals surface area contributed by atoms with E-state index < -0.39 is 0 Å². The summed E-state index contributed by atoms with van der Waals surface area (Å²) >= 11 is 11.7. The first-order valence-electron chi connectivity index (χ1n) is 7.71. The molecule has 0 atom stereocenters. The Morgan fingerprint density at radius 3 is 2.58 bits per heavy atom. The van der Waals surface area contributed by atoms with E-state index in [1.807, 2.05) is 12.1 Å². The highest BCUT2D eigenvalue weighted by Crippen LogP contribution is 2.38. The number of nitrogens with zero attached hydrogens (tertiary/aromatic N) is 4. The molecule has 9 heteroatoms. The van der Waals surface area contributed by atoms with Crippen LogP contribution in [-0.2, 0) is 13.0 Å². The summed E-state index contributed by atoms with van der Waals surface area (Å²) in [7, 11) is 0. The van der Waals surface area contributed by atoms with E-state index in [0.717, 1.165) is 41.6 Å². The normalized spacial score (nSPS) is 11.2. The fourth-order valence-electron chi connectivity index (χ4n) is 2.43. The fourth-order valence-corrected chi connectivity index (χ4v) is 6.39. The molecule has 0 amide bonds. The molecule has 4 aromatic rings. The summed E-state index contributed by atoms with van der Waals surface area (Å²) in [6.45, 7) is 0.820.